The Balaban J connectivity index is 1.25. The molecule has 0 aliphatic heterocycles. The van der Waals surface area contributed by atoms with Gasteiger partial charge in [0.05, 0.1) is 5.75 Å². The molecule has 0 aliphatic carbocycles. The van der Waals surface area contributed by atoms with Gasteiger partial charge in [-0.3, -0.25) is 4.79 Å². The molecule has 0 saturated carbocycles. The molecule has 1 N–H and O–H groups in total. The number of para-hydroxylation sites is 1. The fourth-order valence-electron chi connectivity index (χ4n) is 2.83. The van der Waals surface area contributed by atoms with Gasteiger partial charge >= 0.3 is 0 Å². The van der Waals surface area contributed by atoms with Crippen LogP contribution in [0.5, 0.6) is 17.2 Å². The normalized spacial score (nSPS) is 10.6. The lowest BCUT2D eigenvalue weighted by Gasteiger charge is -2.08. The molecule has 4 aromatic rings. The van der Waals surface area contributed by atoms with Crippen LogP contribution in [0.4, 0.5) is 5.69 Å². The Morgan fingerprint density at radius 3 is 2.33 bits per heavy atom. The first-order valence-electron chi connectivity index (χ1n) is 10.1. The number of carbonyl (C=O) groups is 1. The van der Waals surface area contributed by atoms with Crippen LogP contribution < -0.4 is 14.8 Å². The monoisotopic (exact) mass is 480 g/mol. The average Bonchev–Trinajstić information content (AvgIpc) is 3.18. The summed E-state index contributed by atoms with van der Waals surface area (Å²) >= 11 is 7.19. The van der Waals surface area contributed by atoms with Crippen LogP contribution in [0.15, 0.2) is 84.0 Å². The van der Waals surface area contributed by atoms with Gasteiger partial charge in [0.2, 0.25) is 5.91 Å². The van der Waals surface area contributed by atoms with E-state index in [9.17, 15) is 4.79 Å². The summed E-state index contributed by atoms with van der Waals surface area (Å²) in [5.74, 6) is 2.86. The molecule has 0 atom stereocenters. The van der Waals surface area contributed by atoms with Crippen LogP contribution in [0.3, 0.4) is 0 Å². The molecule has 9 heteroatoms. The zero-order valence-electron chi connectivity index (χ0n) is 17.8. The standard InChI is InChI=1S/C24H21ClN4O3S/c1-29-22(15-31-19-11-7-17(25)8-12-19)27-28-24(29)33-16-23(30)26-18-9-13-21(14-10-18)32-20-5-3-2-4-6-20/h2-14H,15-16H2,1H3,(H,26,30). The van der Waals surface area contributed by atoms with Crippen molar-refractivity contribution in [1.29, 1.82) is 0 Å². The van der Waals surface area contributed by atoms with E-state index < -0.39 is 0 Å². The number of thioether (sulfide) groups is 1. The number of hydrogen-bond donors (Lipinski definition) is 1. The van der Waals surface area contributed by atoms with E-state index in [0.717, 1.165) is 5.75 Å². The molecule has 168 valence electrons. The molecule has 1 aromatic heterocycles. The van der Waals surface area contributed by atoms with E-state index in [1.807, 2.05) is 54.1 Å². The van der Waals surface area contributed by atoms with Crippen LogP contribution in [0, 0.1) is 0 Å². The maximum atomic E-state index is 12.4. The molecule has 0 aliphatic rings. The molecule has 0 bridgehead atoms. The lowest BCUT2D eigenvalue weighted by molar-refractivity contribution is -0.113. The van der Waals surface area contributed by atoms with Crippen molar-refractivity contribution in [3.63, 3.8) is 0 Å². The number of aromatic nitrogens is 3. The summed E-state index contributed by atoms with van der Waals surface area (Å²) in [5, 5.41) is 12.5. The second-order valence-corrected chi connectivity index (χ2v) is 8.36. The Morgan fingerprint density at radius 2 is 1.61 bits per heavy atom. The molecule has 0 saturated heterocycles. The van der Waals surface area contributed by atoms with Gasteiger partial charge in [0, 0.05) is 17.8 Å². The highest BCUT2D eigenvalue weighted by Gasteiger charge is 2.12. The van der Waals surface area contributed by atoms with E-state index in [-0.39, 0.29) is 18.3 Å². The Kier molecular flexibility index (Phi) is 7.49. The maximum absolute atomic E-state index is 12.4. The Labute approximate surface area is 200 Å². The topological polar surface area (TPSA) is 78.3 Å². The van der Waals surface area contributed by atoms with Crippen LogP contribution in [0.1, 0.15) is 5.82 Å². The minimum Gasteiger partial charge on any atom is -0.486 e. The number of ether oxygens (including phenoxy) is 2. The number of carbonyl (C=O) groups excluding carboxylic acids is 1. The minimum atomic E-state index is -0.140. The van der Waals surface area contributed by atoms with Crippen LogP contribution >= 0.6 is 23.4 Å². The minimum absolute atomic E-state index is 0.140. The van der Waals surface area contributed by atoms with E-state index in [1.54, 1.807) is 36.4 Å². The number of benzene rings is 3. The van der Waals surface area contributed by atoms with Crippen LogP contribution in [0.2, 0.25) is 5.02 Å². The molecule has 4 rings (SSSR count). The van der Waals surface area contributed by atoms with E-state index >= 15 is 0 Å². The molecular weight excluding hydrogens is 460 g/mol. The van der Waals surface area contributed by atoms with E-state index in [1.165, 1.54) is 11.8 Å². The van der Waals surface area contributed by atoms with Gasteiger partial charge in [-0.05, 0) is 60.7 Å². The molecule has 3 aromatic carbocycles. The number of anilines is 1. The zero-order chi connectivity index (χ0) is 23.0. The van der Waals surface area contributed by atoms with Crippen molar-refractivity contribution in [3.8, 4) is 17.2 Å². The largest absolute Gasteiger partial charge is 0.486 e. The van der Waals surface area contributed by atoms with E-state index in [0.29, 0.717) is 33.2 Å². The predicted molar refractivity (Wildman–Crippen MR) is 129 cm³/mol. The molecule has 0 radical (unpaired) electrons. The first-order valence-corrected chi connectivity index (χ1v) is 11.5. The fourth-order valence-corrected chi connectivity index (χ4v) is 3.69. The molecule has 0 spiro atoms. The summed E-state index contributed by atoms with van der Waals surface area (Å²) in [6.07, 6.45) is 0. The highest BCUT2D eigenvalue weighted by atomic mass is 35.5. The maximum Gasteiger partial charge on any atom is 0.234 e. The Morgan fingerprint density at radius 1 is 0.939 bits per heavy atom. The lowest BCUT2D eigenvalue weighted by atomic mass is 10.3. The third-order valence-electron chi connectivity index (χ3n) is 4.56. The van der Waals surface area contributed by atoms with Gasteiger partial charge in [-0.2, -0.15) is 0 Å². The number of amides is 1. The van der Waals surface area contributed by atoms with Crippen LogP contribution in [-0.2, 0) is 18.4 Å². The molecule has 1 amide bonds. The highest BCUT2D eigenvalue weighted by molar-refractivity contribution is 7.99. The molecule has 7 nitrogen and oxygen atoms in total. The highest BCUT2D eigenvalue weighted by Crippen LogP contribution is 2.23. The first kappa shape index (κ1) is 22.7. The molecule has 33 heavy (non-hydrogen) atoms. The van der Waals surface area contributed by atoms with Crippen molar-refractivity contribution >= 4 is 35.0 Å². The summed E-state index contributed by atoms with van der Waals surface area (Å²) in [4.78, 5) is 12.4. The van der Waals surface area contributed by atoms with Crippen LogP contribution in [-0.4, -0.2) is 26.4 Å². The average molecular weight is 481 g/mol. The van der Waals surface area contributed by atoms with Gasteiger partial charge in [0.1, 0.15) is 23.9 Å². The summed E-state index contributed by atoms with van der Waals surface area (Å²) in [6, 6.07) is 23.8. The fraction of sp³-hybridized carbons (Fsp3) is 0.125. The summed E-state index contributed by atoms with van der Waals surface area (Å²) in [7, 11) is 1.84. The Bertz CT molecular complexity index is 1200. The molecule has 1 heterocycles. The summed E-state index contributed by atoms with van der Waals surface area (Å²) in [6.45, 7) is 0.259. The molecular formula is C24H21ClN4O3S. The SMILES string of the molecule is Cn1c(COc2ccc(Cl)cc2)nnc1SCC(=O)Nc1ccc(Oc2ccccc2)cc1. The summed E-state index contributed by atoms with van der Waals surface area (Å²) < 4.78 is 13.3. The van der Waals surface area contributed by atoms with Crippen molar-refractivity contribution in [2.24, 2.45) is 7.05 Å². The van der Waals surface area contributed by atoms with Crippen molar-refractivity contribution < 1.29 is 14.3 Å². The smallest absolute Gasteiger partial charge is 0.234 e. The third kappa shape index (κ3) is 6.50. The van der Waals surface area contributed by atoms with Crippen molar-refractivity contribution in [3.05, 3.63) is 89.7 Å². The first-order chi connectivity index (χ1) is 16.1. The van der Waals surface area contributed by atoms with E-state index in [4.69, 9.17) is 21.1 Å². The van der Waals surface area contributed by atoms with Gasteiger partial charge in [-0.15, -0.1) is 10.2 Å². The number of hydrogen-bond acceptors (Lipinski definition) is 6. The molecule has 0 unspecified atom stereocenters. The molecule has 0 fully saturated rings. The number of halogens is 1. The predicted octanol–water partition coefficient (Wildman–Crippen LogP) is 5.57. The van der Waals surface area contributed by atoms with Gasteiger partial charge in [-0.25, -0.2) is 0 Å². The summed E-state index contributed by atoms with van der Waals surface area (Å²) in [5.41, 5.74) is 0.691. The van der Waals surface area contributed by atoms with E-state index in [2.05, 4.69) is 15.5 Å². The van der Waals surface area contributed by atoms with Gasteiger partial charge in [0.15, 0.2) is 11.0 Å². The number of rotatable bonds is 9. The second-order valence-electron chi connectivity index (χ2n) is 6.98. The van der Waals surface area contributed by atoms with Gasteiger partial charge < -0.3 is 19.4 Å². The van der Waals surface area contributed by atoms with Crippen molar-refractivity contribution in [2.75, 3.05) is 11.1 Å². The number of nitrogens with zero attached hydrogens (tertiary/aromatic N) is 3. The van der Waals surface area contributed by atoms with Crippen molar-refractivity contribution in [1.82, 2.24) is 14.8 Å². The lowest BCUT2D eigenvalue weighted by Crippen LogP contribution is -2.14. The number of nitrogens with one attached hydrogen (secondary N) is 1. The van der Waals surface area contributed by atoms with Gasteiger partial charge in [-0.1, -0.05) is 41.6 Å². The Hall–Kier alpha value is -3.49. The van der Waals surface area contributed by atoms with Crippen LogP contribution in [0.25, 0.3) is 0 Å². The quantitative estimate of drug-likeness (QED) is 0.315. The third-order valence-corrected chi connectivity index (χ3v) is 5.83. The van der Waals surface area contributed by atoms with Gasteiger partial charge in [0.25, 0.3) is 0 Å². The zero-order valence-corrected chi connectivity index (χ0v) is 19.3. The van der Waals surface area contributed by atoms with Crippen molar-refractivity contribution in [2.45, 2.75) is 11.8 Å². The second kappa shape index (κ2) is 10.9.